The van der Waals surface area contributed by atoms with Crippen LogP contribution in [0.5, 0.6) is 0 Å². The first-order valence-electron chi connectivity index (χ1n) is 6.25. The van der Waals surface area contributed by atoms with E-state index >= 15 is 0 Å². The Hall–Kier alpha value is -1.26. The third-order valence-corrected chi connectivity index (χ3v) is 3.25. The number of piperidine rings is 1. The molecule has 0 aromatic heterocycles. The predicted molar refractivity (Wildman–Crippen MR) is 64.6 cm³/mol. The Bertz CT molecular complexity index is 281. The molecule has 1 aliphatic heterocycles. The number of carbonyl (C=O) groups excluding carboxylic acids is 2. The molecule has 1 N–H and O–H groups in total. The van der Waals surface area contributed by atoms with E-state index in [4.69, 9.17) is 0 Å². The highest BCUT2D eigenvalue weighted by molar-refractivity contribution is 5.83. The lowest BCUT2D eigenvalue weighted by atomic mass is 10.0. The maximum absolute atomic E-state index is 12.0. The molecule has 0 aliphatic carbocycles. The monoisotopic (exact) mass is 242 g/mol. The SMILES string of the molecule is CCC1CCCCN1C(=O)NC(C)C(=O)OC. The van der Waals surface area contributed by atoms with Crippen molar-refractivity contribution in [2.75, 3.05) is 13.7 Å². The largest absolute Gasteiger partial charge is 0.467 e. The molecule has 1 heterocycles. The van der Waals surface area contributed by atoms with Crippen LogP contribution in [0.1, 0.15) is 39.5 Å². The minimum Gasteiger partial charge on any atom is -0.467 e. The smallest absolute Gasteiger partial charge is 0.328 e. The molecule has 1 saturated heterocycles. The summed E-state index contributed by atoms with van der Waals surface area (Å²) in [6.07, 6.45) is 4.22. The van der Waals surface area contributed by atoms with Crippen molar-refractivity contribution < 1.29 is 14.3 Å². The van der Waals surface area contributed by atoms with Gasteiger partial charge in [0, 0.05) is 12.6 Å². The van der Waals surface area contributed by atoms with Gasteiger partial charge in [-0.1, -0.05) is 6.92 Å². The maximum Gasteiger partial charge on any atom is 0.328 e. The van der Waals surface area contributed by atoms with Crippen LogP contribution in [-0.4, -0.2) is 42.6 Å². The number of urea groups is 1. The molecule has 98 valence electrons. The zero-order valence-electron chi connectivity index (χ0n) is 10.9. The highest BCUT2D eigenvalue weighted by atomic mass is 16.5. The van der Waals surface area contributed by atoms with Crippen molar-refractivity contribution in [3.63, 3.8) is 0 Å². The van der Waals surface area contributed by atoms with Gasteiger partial charge < -0.3 is 15.0 Å². The molecule has 1 fully saturated rings. The van der Waals surface area contributed by atoms with E-state index in [0.717, 1.165) is 25.8 Å². The van der Waals surface area contributed by atoms with Crippen LogP contribution in [0.15, 0.2) is 0 Å². The van der Waals surface area contributed by atoms with Crippen molar-refractivity contribution in [2.45, 2.75) is 51.6 Å². The molecule has 0 spiro atoms. The Morgan fingerprint density at radius 3 is 2.76 bits per heavy atom. The molecule has 5 nitrogen and oxygen atoms in total. The Morgan fingerprint density at radius 2 is 2.18 bits per heavy atom. The number of carbonyl (C=O) groups is 2. The maximum atomic E-state index is 12.0. The second kappa shape index (κ2) is 6.47. The second-order valence-corrected chi connectivity index (χ2v) is 4.45. The minimum absolute atomic E-state index is 0.158. The first kappa shape index (κ1) is 13.8. The van der Waals surface area contributed by atoms with Crippen molar-refractivity contribution in [3.8, 4) is 0 Å². The number of rotatable bonds is 3. The summed E-state index contributed by atoms with van der Waals surface area (Å²) >= 11 is 0. The fourth-order valence-corrected chi connectivity index (χ4v) is 2.20. The summed E-state index contributed by atoms with van der Waals surface area (Å²) in [5.74, 6) is -0.414. The lowest BCUT2D eigenvalue weighted by Gasteiger charge is -2.35. The summed E-state index contributed by atoms with van der Waals surface area (Å²) < 4.78 is 4.58. The van der Waals surface area contributed by atoms with Crippen molar-refractivity contribution in [1.82, 2.24) is 10.2 Å². The zero-order chi connectivity index (χ0) is 12.8. The van der Waals surface area contributed by atoms with Gasteiger partial charge >= 0.3 is 12.0 Å². The minimum atomic E-state index is -0.591. The summed E-state index contributed by atoms with van der Waals surface area (Å²) in [6.45, 7) is 4.49. The van der Waals surface area contributed by atoms with E-state index in [1.807, 2.05) is 4.90 Å². The Morgan fingerprint density at radius 1 is 1.47 bits per heavy atom. The van der Waals surface area contributed by atoms with Gasteiger partial charge in [0.1, 0.15) is 6.04 Å². The number of amides is 2. The van der Waals surface area contributed by atoms with Crippen molar-refractivity contribution in [2.24, 2.45) is 0 Å². The van der Waals surface area contributed by atoms with Crippen molar-refractivity contribution in [3.05, 3.63) is 0 Å². The van der Waals surface area contributed by atoms with E-state index in [9.17, 15) is 9.59 Å². The zero-order valence-corrected chi connectivity index (χ0v) is 10.9. The molecule has 0 aromatic carbocycles. The van der Waals surface area contributed by atoms with Crippen molar-refractivity contribution >= 4 is 12.0 Å². The van der Waals surface area contributed by atoms with Gasteiger partial charge in [-0.25, -0.2) is 9.59 Å². The van der Waals surface area contributed by atoms with E-state index in [-0.39, 0.29) is 6.03 Å². The van der Waals surface area contributed by atoms with Crippen LogP contribution in [0.25, 0.3) is 0 Å². The van der Waals surface area contributed by atoms with Gasteiger partial charge in [0.15, 0.2) is 0 Å². The van der Waals surface area contributed by atoms with E-state index in [2.05, 4.69) is 17.0 Å². The fraction of sp³-hybridized carbons (Fsp3) is 0.833. The summed E-state index contributed by atoms with van der Waals surface area (Å²) in [6, 6.07) is -0.449. The fourth-order valence-electron chi connectivity index (χ4n) is 2.20. The van der Waals surface area contributed by atoms with Crippen LogP contribution in [0.4, 0.5) is 4.79 Å². The van der Waals surface area contributed by atoms with Crippen LogP contribution in [0.3, 0.4) is 0 Å². The van der Waals surface area contributed by atoms with Gasteiger partial charge in [0.05, 0.1) is 7.11 Å². The first-order chi connectivity index (χ1) is 8.10. The van der Waals surface area contributed by atoms with Crippen molar-refractivity contribution in [1.29, 1.82) is 0 Å². The molecule has 0 saturated carbocycles. The Labute approximate surface area is 102 Å². The summed E-state index contributed by atoms with van der Waals surface area (Å²) in [7, 11) is 1.32. The molecular formula is C12H22N2O3. The molecule has 1 aliphatic rings. The average molecular weight is 242 g/mol. The van der Waals surface area contributed by atoms with Gasteiger partial charge in [-0.05, 0) is 32.6 Å². The van der Waals surface area contributed by atoms with Gasteiger partial charge in [-0.3, -0.25) is 0 Å². The Kier molecular flexibility index (Phi) is 5.25. The van der Waals surface area contributed by atoms with E-state index < -0.39 is 12.0 Å². The Balaban J connectivity index is 2.53. The van der Waals surface area contributed by atoms with Crippen LogP contribution in [-0.2, 0) is 9.53 Å². The number of methoxy groups -OCH3 is 1. The molecule has 2 amide bonds. The number of hydrogen-bond acceptors (Lipinski definition) is 3. The van der Waals surface area contributed by atoms with Gasteiger partial charge in [0.2, 0.25) is 0 Å². The van der Waals surface area contributed by atoms with Crippen LogP contribution in [0.2, 0.25) is 0 Å². The highest BCUT2D eigenvalue weighted by Crippen LogP contribution is 2.19. The van der Waals surface area contributed by atoms with Gasteiger partial charge in [-0.15, -0.1) is 0 Å². The molecule has 0 bridgehead atoms. The number of likely N-dealkylation sites (tertiary alicyclic amines) is 1. The summed E-state index contributed by atoms with van der Waals surface area (Å²) in [4.78, 5) is 25.1. The highest BCUT2D eigenvalue weighted by Gasteiger charge is 2.27. The number of nitrogens with one attached hydrogen (secondary N) is 1. The standard InChI is InChI=1S/C12H22N2O3/c1-4-10-7-5-6-8-14(10)12(16)13-9(2)11(15)17-3/h9-10H,4-8H2,1-3H3,(H,13,16). The third kappa shape index (κ3) is 3.61. The molecule has 2 atom stereocenters. The second-order valence-electron chi connectivity index (χ2n) is 4.45. The summed E-state index contributed by atoms with van der Waals surface area (Å²) in [5.41, 5.74) is 0. The quantitative estimate of drug-likeness (QED) is 0.763. The number of esters is 1. The molecule has 0 radical (unpaired) electrons. The number of hydrogen-bond donors (Lipinski definition) is 1. The molecule has 2 unspecified atom stereocenters. The lowest BCUT2D eigenvalue weighted by Crippen LogP contribution is -2.52. The number of nitrogens with zero attached hydrogens (tertiary/aromatic N) is 1. The normalized spacial score (nSPS) is 21.8. The van der Waals surface area contributed by atoms with E-state index in [0.29, 0.717) is 6.04 Å². The van der Waals surface area contributed by atoms with Gasteiger partial charge in [0.25, 0.3) is 0 Å². The average Bonchev–Trinajstić information content (AvgIpc) is 2.37. The molecule has 0 aromatic rings. The van der Waals surface area contributed by atoms with Crippen LogP contribution in [0, 0.1) is 0 Å². The number of ether oxygens (including phenoxy) is 1. The van der Waals surface area contributed by atoms with E-state index in [1.165, 1.54) is 13.5 Å². The molecule has 1 rings (SSSR count). The first-order valence-corrected chi connectivity index (χ1v) is 6.25. The van der Waals surface area contributed by atoms with Crippen LogP contribution >= 0.6 is 0 Å². The third-order valence-electron chi connectivity index (χ3n) is 3.25. The van der Waals surface area contributed by atoms with Gasteiger partial charge in [-0.2, -0.15) is 0 Å². The topological polar surface area (TPSA) is 58.6 Å². The van der Waals surface area contributed by atoms with E-state index in [1.54, 1.807) is 6.92 Å². The summed E-state index contributed by atoms with van der Waals surface area (Å²) in [5, 5.41) is 2.68. The van der Waals surface area contributed by atoms with Crippen LogP contribution < -0.4 is 5.32 Å². The molecule has 17 heavy (non-hydrogen) atoms. The lowest BCUT2D eigenvalue weighted by molar-refractivity contribution is -0.142. The molecule has 5 heteroatoms. The molecular weight excluding hydrogens is 220 g/mol. The predicted octanol–water partition coefficient (Wildman–Crippen LogP) is 1.52.